The average Bonchev–Trinajstić information content (AvgIpc) is 2.45. The minimum absolute atomic E-state index is 0.266. The van der Waals surface area contributed by atoms with Gasteiger partial charge in [-0.15, -0.1) is 10.2 Å². The molecule has 0 unspecified atom stereocenters. The summed E-state index contributed by atoms with van der Waals surface area (Å²) >= 11 is 1.08. The van der Waals surface area contributed by atoms with Gasteiger partial charge < -0.3 is 5.32 Å². The van der Waals surface area contributed by atoms with Crippen LogP contribution in [0.3, 0.4) is 0 Å². The van der Waals surface area contributed by atoms with Crippen molar-refractivity contribution in [1.82, 2.24) is 15.2 Å². The predicted octanol–water partition coefficient (Wildman–Crippen LogP) is 1.73. The van der Waals surface area contributed by atoms with Gasteiger partial charge in [0, 0.05) is 5.69 Å². The molecule has 0 aliphatic rings. The molecular formula is C13H13FN4O2S. The Kier molecular flexibility index (Phi) is 4.69. The van der Waals surface area contributed by atoms with E-state index in [-0.39, 0.29) is 28.1 Å². The summed E-state index contributed by atoms with van der Waals surface area (Å²) in [5.74, 6) is -0.655. The number of amides is 1. The fourth-order valence-electron chi connectivity index (χ4n) is 1.43. The Morgan fingerprint density at radius 2 is 2.00 bits per heavy atom. The first-order valence-corrected chi connectivity index (χ1v) is 7.00. The van der Waals surface area contributed by atoms with E-state index in [0.29, 0.717) is 5.69 Å². The highest BCUT2D eigenvalue weighted by atomic mass is 32.2. The molecule has 0 bridgehead atoms. The summed E-state index contributed by atoms with van der Waals surface area (Å²) in [6.07, 6.45) is 0. The van der Waals surface area contributed by atoms with E-state index in [1.807, 2.05) is 0 Å². The number of aromatic amines is 1. The lowest BCUT2D eigenvalue weighted by Crippen LogP contribution is -2.23. The number of thioether (sulfide) groups is 1. The number of rotatable bonds is 4. The number of hydrogen-bond acceptors (Lipinski definition) is 5. The third-order valence-corrected chi connectivity index (χ3v) is 3.58. The molecule has 2 aromatic rings. The first-order chi connectivity index (χ1) is 9.95. The summed E-state index contributed by atoms with van der Waals surface area (Å²) < 4.78 is 12.8. The number of hydrogen-bond donors (Lipinski definition) is 2. The summed E-state index contributed by atoms with van der Waals surface area (Å²) in [7, 11) is 0. The Morgan fingerprint density at radius 3 is 2.62 bits per heavy atom. The maximum Gasteiger partial charge on any atom is 0.273 e. The van der Waals surface area contributed by atoms with E-state index < -0.39 is 5.25 Å². The van der Waals surface area contributed by atoms with Crippen molar-refractivity contribution in [3.63, 3.8) is 0 Å². The number of H-pyrrole nitrogens is 1. The Balaban J connectivity index is 2.00. The number of halogens is 1. The second kappa shape index (κ2) is 6.49. The maximum absolute atomic E-state index is 12.8. The standard InChI is InChI=1S/C13H13FN4O2S/c1-7-11(19)16-13(18-17-7)21-8(2)12(20)15-10-5-3-9(14)4-6-10/h3-6,8H,1-2H3,(H,15,20)(H,16,18,19)/t8-/m1/s1. The summed E-state index contributed by atoms with van der Waals surface area (Å²) in [5, 5.41) is 9.93. The van der Waals surface area contributed by atoms with E-state index in [1.165, 1.54) is 24.3 Å². The zero-order valence-corrected chi connectivity index (χ0v) is 12.2. The lowest BCUT2D eigenvalue weighted by Gasteiger charge is -2.11. The highest BCUT2D eigenvalue weighted by Gasteiger charge is 2.16. The van der Waals surface area contributed by atoms with Crippen molar-refractivity contribution < 1.29 is 9.18 Å². The smallest absolute Gasteiger partial charge is 0.273 e. The van der Waals surface area contributed by atoms with Crippen molar-refractivity contribution >= 4 is 23.4 Å². The molecule has 0 aliphatic heterocycles. The minimum Gasteiger partial charge on any atom is -0.325 e. The van der Waals surface area contributed by atoms with Crippen LogP contribution in [-0.2, 0) is 4.79 Å². The topological polar surface area (TPSA) is 87.7 Å². The van der Waals surface area contributed by atoms with E-state index in [1.54, 1.807) is 13.8 Å². The van der Waals surface area contributed by atoms with E-state index >= 15 is 0 Å². The van der Waals surface area contributed by atoms with Crippen LogP contribution in [0.2, 0.25) is 0 Å². The molecule has 1 heterocycles. The van der Waals surface area contributed by atoms with Gasteiger partial charge in [0.15, 0.2) is 5.16 Å². The third-order valence-electron chi connectivity index (χ3n) is 2.61. The summed E-state index contributed by atoms with van der Waals surface area (Å²) in [6, 6.07) is 5.46. The minimum atomic E-state index is -0.497. The quantitative estimate of drug-likeness (QED) is 0.840. The SMILES string of the molecule is Cc1nnc(S[C@H](C)C(=O)Nc2ccc(F)cc2)[nH]c1=O. The Hall–Kier alpha value is -2.22. The van der Waals surface area contributed by atoms with E-state index in [0.717, 1.165) is 11.8 Å². The number of anilines is 1. The molecule has 0 spiro atoms. The summed E-state index contributed by atoms with van der Waals surface area (Å²) in [4.78, 5) is 25.9. The maximum atomic E-state index is 12.8. The number of aryl methyl sites for hydroxylation is 1. The Morgan fingerprint density at radius 1 is 1.33 bits per heavy atom. The number of nitrogens with zero attached hydrogens (tertiary/aromatic N) is 2. The van der Waals surface area contributed by atoms with Crippen molar-refractivity contribution in [1.29, 1.82) is 0 Å². The van der Waals surface area contributed by atoms with E-state index in [2.05, 4.69) is 20.5 Å². The van der Waals surface area contributed by atoms with Crippen molar-refractivity contribution in [2.24, 2.45) is 0 Å². The molecule has 21 heavy (non-hydrogen) atoms. The molecule has 1 aromatic heterocycles. The molecule has 0 aliphatic carbocycles. The van der Waals surface area contributed by atoms with Crippen LogP contribution < -0.4 is 10.9 Å². The number of benzene rings is 1. The van der Waals surface area contributed by atoms with Gasteiger partial charge in [-0.05, 0) is 38.1 Å². The lowest BCUT2D eigenvalue weighted by molar-refractivity contribution is -0.115. The molecule has 2 N–H and O–H groups in total. The number of aromatic nitrogens is 3. The third kappa shape index (κ3) is 4.12. The number of nitrogens with one attached hydrogen (secondary N) is 2. The zero-order chi connectivity index (χ0) is 15.4. The predicted molar refractivity (Wildman–Crippen MR) is 77.7 cm³/mol. The van der Waals surface area contributed by atoms with Gasteiger partial charge >= 0.3 is 0 Å². The fraction of sp³-hybridized carbons (Fsp3) is 0.231. The Bertz CT molecular complexity index is 702. The van der Waals surface area contributed by atoms with Crippen LogP contribution in [0.5, 0.6) is 0 Å². The second-order valence-corrected chi connectivity index (χ2v) is 5.63. The van der Waals surface area contributed by atoms with Crippen LogP contribution in [0.1, 0.15) is 12.6 Å². The van der Waals surface area contributed by atoms with Gasteiger partial charge in [0.05, 0.1) is 5.25 Å². The molecular weight excluding hydrogens is 295 g/mol. The summed E-state index contributed by atoms with van der Waals surface area (Å²) in [6.45, 7) is 3.22. The van der Waals surface area contributed by atoms with Gasteiger partial charge in [0.25, 0.3) is 5.56 Å². The number of carbonyl (C=O) groups is 1. The van der Waals surface area contributed by atoms with Gasteiger partial charge in [-0.2, -0.15) is 0 Å². The lowest BCUT2D eigenvalue weighted by atomic mass is 10.3. The van der Waals surface area contributed by atoms with Crippen LogP contribution in [0.15, 0.2) is 34.2 Å². The van der Waals surface area contributed by atoms with Crippen molar-refractivity contribution in [2.45, 2.75) is 24.3 Å². The van der Waals surface area contributed by atoms with Gasteiger partial charge in [-0.1, -0.05) is 11.8 Å². The molecule has 2 rings (SSSR count). The highest BCUT2D eigenvalue weighted by molar-refractivity contribution is 8.00. The molecule has 0 saturated heterocycles. The van der Waals surface area contributed by atoms with Gasteiger partial charge in [-0.25, -0.2) is 4.39 Å². The van der Waals surface area contributed by atoms with Crippen LogP contribution in [0.4, 0.5) is 10.1 Å². The van der Waals surface area contributed by atoms with Crippen molar-refractivity contribution in [3.8, 4) is 0 Å². The molecule has 1 atom stereocenters. The largest absolute Gasteiger partial charge is 0.325 e. The van der Waals surface area contributed by atoms with E-state index in [4.69, 9.17) is 0 Å². The average molecular weight is 308 g/mol. The van der Waals surface area contributed by atoms with Crippen molar-refractivity contribution in [3.05, 3.63) is 46.1 Å². The van der Waals surface area contributed by atoms with Gasteiger partial charge in [-0.3, -0.25) is 14.6 Å². The molecule has 110 valence electrons. The summed E-state index contributed by atoms with van der Waals surface area (Å²) in [5.41, 5.74) is 0.429. The molecule has 8 heteroatoms. The molecule has 0 radical (unpaired) electrons. The zero-order valence-electron chi connectivity index (χ0n) is 11.4. The first kappa shape index (κ1) is 15.2. The van der Waals surface area contributed by atoms with Crippen LogP contribution >= 0.6 is 11.8 Å². The molecule has 1 amide bonds. The molecule has 0 fully saturated rings. The Labute approximate surface area is 124 Å². The van der Waals surface area contributed by atoms with Crippen LogP contribution in [0, 0.1) is 12.7 Å². The van der Waals surface area contributed by atoms with Crippen LogP contribution in [-0.4, -0.2) is 26.3 Å². The monoisotopic (exact) mass is 308 g/mol. The molecule has 1 aromatic carbocycles. The number of carbonyl (C=O) groups excluding carboxylic acids is 1. The van der Waals surface area contributed by atoms with Gasteiger partial charge in [0.1, 0.15) is 11.5 Å². The fourth-order valence-corrected chi connectivity index (χ4v) is 2.17. The first-order valence-electron chi connectivity index (χ1n) is 6.12. The van der Waals surface area contributed by atoms with Gasteiger partial charge in [0.2, 0.25) is 5.91 Å². The van der Waals surface area contributed by atoms with Crippen molar-refractivity contribution in [2.75, 3.05) is 5.32 Å². The molecule has 0 saturated carbocycles. The molecule has 6 nitrogen and oxygen atoms in total. The highest BCUT2D eigenvalue weighted by Crippen LogP contribution is 2.19. The van der Waals surface area contributed by atoms with E-state index in [9.17, 15) is 14.0 Å². The second-order valence-electron chi connectivity index (χ2n) is 4.30. The van der Waals surface area contributed by atoms with Crippen LogP contribution in [0.25, 0.3) is 0 Å². The normalized spacial score (nSPS) is 12.0.